The summed E-state index contributed by atoms with van der Waals surface area (Å²) in [5.74, 6) is 0.935. The van der Waals surface area contributed by atoms with Crippen molar-refractivity contribution >= 4 is 5.91 Å². The Morgan fingerprint density at radius 2 is 2.18 bits per heavy atom. The Kier molecular flexibility index (Phi) is 4.31. The molecule has 0 saturated carbocycles. The van der Waals surface area contributed by atoms with Gasteiger partial charge in [-0.15, -0.1) is 0 Å². The van der Waals surface area contributed by atoms with E-state index in [1.807, 2.05) is 29.4 Å². The van der Waals surface area contributed by atoms with E-state index in [9.17, 15) is 4.79 Å². The number of nitrogens with one attached hydrogen (secondary N) is 1. The Labute approximate surface area is 130 Å². The van der Waals surface area contributed by atoms with Gasteiger partial charge in [0.15, 0.2) is 0 Å². The van der Waals surface area contributed by atoms with Gasteiger partial charge in [0.25, 0.3) is 5.91 Å². The van der Waals surface area contributed by atoms with E-state index in [4.69, 9.17) is 9.47 Å². The number of carbonyl (C=O) groups is 1. The zero-order valence-corrected chi connectivity index (χ0v) is 12.9. The van der Waals surface area contributed by atoms with Crippen molar-refractivity contribution in [2.75, 3.05) is 27.4 Å². The minimum absolute atomic E-state index is 0.107. The van der Waals surface area contributed by atoms with Gasteiger partial charge in [-0.3, -0.25) is 4.79 Å². The second kappa shape index (κ2) is 6.37. The quantitative estimate of drug-likeness (QED) is 0.888. The highest BCUT2D eigenvalue weighted by molar-refractivity contribution is 5.84. The first-order chi connectivity index (χ1) is 10.7. The number of hydrogen-bond donors (Lipinski definition) is 1. The maximum absolute atomic E-state index is 12.5. The van der Waals surface area contributed by atoms with Gasteiger partial charge in [0, 0.05) is 26.1 Å². The van der Waals surface area contributed by atoms with E-state index in [0.29, 0.717) is 13.2 Å². The zero-order valence-electron chi connectivity index (χ0n) is 12.9. The van der Waals surface area contributed by atoms with Gasteiger partial charge < -0.3 is 19.4 Å². The van der Waals surface area contributed by atoms with E-state index < -0.39 is 0 Å². The summed E-state index contributed by atoms with van der Waals surface area (Å²) in [6, 6.07) is 7.88. The van der Waals surface area contributed by atoms with Crippen molar-refractivity contribution in [2.24, 2.45) is 0 Å². The number of benzene rings is 1. The minimum Gasteiger partial charge on any atom is -0.497 e. The second-order valence-corrected chi connectivity index (χ2v) is 5.44. The van der Waals surface area contributed by atoms with Gasteiger partial charge in [0.05, 0.1) is 19.8 Å². The molecule has 2 aliphatic rings. The lowest BCUT2D eigenvalue weighted by Crippen LogP contribution is -2.48. The van der Waals surface area contributed by atoms with Crippen molar-refractivity contribution in [1.82, 2.24) is 15.3 Å². The molecule has 0 aromatic heterocycles. The van der Waals surface area contributed by atoms with Crippen LogP contribution < -0.4 is 10.2 Å². The SMILES string of the molecule is COCCN1C=CN2NC(c3cccc(OC)c3)CC2C1=O. The topological polar surface area (TPSA) is 54.0 Å². The van der Waals surface area contributed by atoms with Crippen LogP contribution in [0.5, 0.6) is 5.75 Å². The molecule has 1 aromatic rings. The van der Waals surface area contributed by atoms with Gasteiger partial charge in [-0.1, -0.05) is 12.1 Å². The van der Waals surface area contributed by atoms with Crippen LogP contribution in [0.25, 0.3) is 0 Å². The molecule has 6 heteroatoms. The van der Waals surface area contributed by atoms with Crippen LogP contribution >= 0.6 is 0 Å². The number of amides is 1. The van der Waals surface area contributed by atoms with Crippen molar-refractivity contribution in [3.05, 3.63) is 42.2 Å². The molecule has 2 heterocycles. The van der Waals surface area contributed by atoms with Crippen molar-refractivity contribution < 1.29 is 14.3 Å². The lowest BCUT2D eigenvalue weighted by Gasteiger charge is -2.31. The first kappa shape index (κ1) is 14.9. The highest BCUT2D eigenvalue weighted by Crippen LogP contribution is 2.31. The van der Waals surface area contributed by atoms with E-state index in [1.165, 1.54) is 0 Å². The molecule has 1 amide bonds. The fourth-order valence-corrected chi connectivity index (χ4v) is 2.89. The maximum Gasteiger partial charge on any atom is 0.251 e. The van der Waals surface area contributed by atoms with Crippen LogP contribution in [0.2, 0.25) is 0 Å². The molecular formula is C16H21N3O3. The maximum atomic E-state index is 12.5. The summed E-state index contributed by atoms with van der Waals surface area (Å²) in [7, 11) is 3.30. The Morgan fingerprint density at radius 3 is 2.95 bits per heavy atom. The Morgan fingerprint density at radius 1 is 1.32 bits per heavy atom. The van der Waals surface area contributed by atoms with Crippen LogP contribution in [0, 0.1) is 0 Å². The van der Waals surface area contributed by atoms with Crippen molar-refractivity contribution in [3.8, 4) is 5.75 Å². The number of hydrogen-bond acceptors (Lipinski definition) is 5. The van der Waals surface area contributed by atoms with E-state index in [1.54, 1.807) is 25.3 Å². The predicted molar refractivity (Wildman–Crippen MR) is 81.8 cm³/mol. The average molecular weight is 303 g/mol. The van der Waals surface area contributed by atoms with Crippen LogP contribution in [-0.4, -0.2) is 49.2 Å². The number of nitrogens with zero attached hydrogens (tertiary/aromatic N) is 2. The third-order valence-electron chi connectivity index (χ3n) is 4.11. The highest BCUT2D eigenvalue weighted by atomic mass is 16.5. The first-order valence-electron chi connectivity index (χ1n) is 7.39. The molecule has 118 valence electrons. The number of fused-ring (bicyclic) bond motifs is 1. The molecule has 2 aliphatic heterocycles. The molecule has 22 heavy (non-hydrogen) atoms. The van der Waals surface area contributed by atoms with Gasteiger partial charge in [0.1, 0.15) is 11.8 Å². The molecule has 2 unspecified atom stereocenters. The monoisotopic (exact) mass is 303 g/mol. The van der Waals surface area contributed by atoms with Gasteiger partial charge in [-0.05, 0) is 24.1 Å². The minimum atomic E-state index is -0.168. The lowest BCUT2D eigenvalue weighted by molar-refractivity contribution is -0.134. The number of rotatable bonds is 5. The Hall–Kier alpha value is -2.05. The van der Waals surface area contributed by atoms with Gasteiger partial charge >= 0.3 is 0 Å². The van der Waals surface area contributed by atoms with Crippen LogP contribution in [0.15, 0.2) is 36.7 Å². The summed E-state index contributed by atoms with van der Waals surface area (Å²) in [6.45, 7) is 1.12. The first-order valence-corrected chi connectivity index (χ1v) is 7.39. The van der Waals surface area contributed by atoms with Crippen LogP contribution in [0.3, 0.4) is 0 Å². The van der Waals surface area contributed by atoms with Crippen molar-refractivity contribution in [1.29, 1.82) is 0 Å². The van der Waals surface area contributed by atoms with E-state index in [-0.39, 0.29) is 18.0 Å². The highest BCUT2D eigenvalue weighted by Gasteiger charge is 2.39. The number of carbonyl (C=O) groups excluding carboxylic acids is 1. The van der Waals surface area contributed by atoms with Crippen molar-refractivity contribution in [3.63, 3.8) is 0 Å². The molecule has 1 N–H and O–H groups in total. The third kappa shape index (κ3) is 2.80. The van der Waals surface area contributed by atoms with E-state index in [2.05, 4.69) is 11.5 Å². The smallest absolute Gasteiger partial charge is 0.251 e. The summed E-state index contributed by atoms with van der Waals surface area (Å²) < 4.78 is 10.3. The molecule has 0 aliphatic carbocycles. The number of ether oxygens (including phenoxy) is 2. The Bertz CT molecular complexity index is 576. The molecule has 0 spiro atoms. The summed E-state index contributed by atoms with van der Waals surface area (Å²) in [4.78, 5) is 14.2. The van der Waals surface area contributed by atoms with E-state index >= 15 is 0 Å². The van der Waals surface area contributed by atoms with Gasteiger partial charge in [0.2, 0.25) is 0 Å². The second-order valence-electron chi connectivity index (χ2n) is 5.44. The fourth-order valence-electron chi connectivity index (χ4n) is 2.89. The molecule has 1 saturated heterocycles. The summed E-state index contributed by atoms with van der Waals surface area (Å²) in [6.07, 6.45) is 4.46. The Balaban J connectivity index is 1.72. The summed E-state index contributed by atoms with van der Waals surface area (Å²) in [5.41, 5.74) is 4.50. The molecule has 6 nitrogen and oxygen atoms in total. The van der Waals surface area contributed by atoms with Gasteiger partial charge in [-0.2, -0.15) is 0 Å². The van der Waals surface area contributed by atoms with Crippen LogP contribution in [0.4, 0.5) is 0 Å². The lowest BCUT2D eigenvalue weighted by atomic mass is 10.0. The zero-order chi connectivity index (χ0) is 15.5. The van der Waals surface area contributed by atoms with Crippen LogP contribution in [0.1, 0.15) is 18.0 Å². The fraction of sp³-hybridized carbons (Fsp3) is 0.438. The molecule has 1 fully saturated rings. The van der Waals surface area contributed by atoms with Gasteiger partial charge in [-0.25, -0.2) is 5.43 Å². The van der Waals surface area contributed by atoms with Crippen molar-refractivity contribution in [2.45, 2.75) is 18.5 Å². The third-order valence-corrected chi connectivity index (χ3v) is 4.11. The normalized spacial score (nSPS) is 23.8. The largest absolute Gasteiger partial charge is 0.497 e. The predicted octanol–water partition coefficient (Wildman–Crippen LogP) is 1.27. The standard InChI is InChI=1S/C16H21N3O3/c1-21-9-8-18-6-7-19-15(16(18)20)11-14(17-19)12-4-3-5-13(10-12)22-2/h3-7,10,14-15,17H,8-9,11H2,1-2H3. The van der Waals surface area contributed by atoms with E-state index in [0.717, 1.165) is 17.7 Å². The number of hydrazine groups is 1. The van der Waals surface area contributed by atoms with Crippen LogP contribution in [-0.2, 0) is 9.53 Å². The molecule has 2 atom stereocenters. The molecular weight excluding hydrogens is 282 g/mol. The molecule has 0 radical (unpaired) electrons. The summed E-state index contributed by atoms with van der Waals surface area (Å²) >= 11 is 0. The number of methoxy groups -OCH3 is 2. The average Bonchev–Trinajstić information content (AvgIpc) is 2.99. The molecule has 3 rings (SSSR count). The molecule has 1 aromatic carbocycles. The summed E-state index contributed by atoms with van der Waals surface area (Å²) in [5, 5.41) is 1.90. The molecule has 0 bridgehead atoms.